The van der Waals surface area contributed by atoms with Crippen LogP contribution in [0.15, 0.2) is 4.52 Å². The molecular weight excluding hydrogens is 158 g/mol. The lowest BCUT2D eigenvalue weighted by molar-refractivity contribution is 0.189. The molecule has 2 N–H and O–H groups in total. The molecule has 0 bridgehead atoms. The molecule has 0 saturated heterocycles. The average Bonchev–Trinajstić information content (AvgIpc) is 2.35. The highest BCUT2D eigenvalue weighted by Gasteiger charge is 2.01. The van der Waals surface area contributed by atoms with Crippen LogP contribution in [-0.4, -0.2) is 27.9 Å². The van der Waals surface area contributed by atoms with Crippen molar-refractivity contribution < 1.29 is 9.63 Å². The molecule has 0 saturated carbocycles. The Morgan fingerprint density at radius 3 is 2.92 bits per heavy atom. The standard InChI is InChI=1S/C7H13N3O2/c1-5(11)3-8-4-7-9-6(2)10-12-7/h5,8,11H,3-4H2,1-2H3/t5-/m1/s1. The Labute approximate surface area is 70.8 Å². The van der Waals surface area contributed by atoms with Gasteiger partial charge in [0, 0.05) is 6.54 Å². The zero-order chi connectivity index (χ0) is 8.97. The molecule has 1 atom stereocenters. The lowest BCUT2D eigenvalue weighted by Crippen LogP contribution is -2.23. The summed E-state index contributed by atoms with van der Waals surface area (Å²) < 4.78 is 4.84. The maximum Gasteiger partial charge on any atom is 0.240 e. The van der Waals surface area contributed by atoms with Gasteiger partial charge in [0.25, 0.3) is 0 Å². The first kappa shape index (κ1) is 9.15. The number of nitrogens with one attached hydrogen (secondary N) is 1. The summed E-state index contributed by atoms with van der Waals surface area (Å²) in [6.07, 6.45) is -0.353. The smallest absolute Gasteiger partial charge is 0.240 e. The number of nitrogens with zero attached hydrogens (tertiary/aromatic N) is 2. The van der Waals surface area contributed by atoms with E-state index < -0.39 is 0 Å². The molecule has 5 heteroatoms. The maximum atomic E-state index is 8.91. The van der Waals surface area contributed by atoms with E-state index in [1.165, 1.54) is 0 Å². The molecule has 0 aromatic carbocycles. The lowest BCUT2D eigenvalue weighted by atomic mass is 10.4. The van der Waals surface area contributed by atoms with Gasteiger partial charge < -0.3 is 14.9 Å². The van der Waals surface area contributed by atoms with E-state index in [9.17, 15) is 0 Å². The van der Waals surface area contributed by atoms with E-state index in [0.717, 1.165) is 0 Å². The second kappa shape index (κ2) is 4.18. The summed E-state index contributed by atoms with van der Waals surface area (Å²) >= 11 is 0. The average molecular weight is 171 g/mol. The van der Waals surface area contributed by atoms with Crippen molar-refractivity contribution in [2.45, 2.75) is 26.5 Å². The minimum atomic E-state index is -0.353. The Bertz CT molecular complexity index is 234. The number of rotatable bonds is 4. The third-order valence-electron chi connectivity index (χ3n) is 1.29. The van der Waals surface area contributed by atoms with E-state index in [0.29, 0.717) is 24.8 Å². The molecule has 1 rings (SSSR count). The van der Waals surface area contributed by atoms with Crippen molar-refractivity contribution in [3.05, 3.63) is 11.7 Å². The van der Waals surface area contributed by atoms with E-state index >= 15 is 0 Å². The maximum absolute atomic E-state index is 8.91. The number of hydrogen-bond donors (Lipinski definition) is 2. The fourth-order valence-corrected chi connectivity index (χ4v) is 0.800. The van der Waals surface area contributed by atoms with Gasteiger partial charge in [-0.05, 0) is 13.8 Å². The van der Waals surface area contributed by atoms with E-state index in [-0.39, 0.29) is 6.10 Å². The van der Waals surface area contributed by atoms with E-state index in [4.69, 9.17) is 9.63 Å². The summed E-state index contributed by atoms with van der Waals surface area (Å²) in [6.45, 7) is 4.51. The van der Waals surface area contributed by atoms with Crippen LogP contribution < -0.4 is 5.32 Å². The van der Waals surface area contributed by atoms with E-state index in [1.807, 2.05) is 0 Å². The van der Waals surface area contributed by atoms with Crippen LogP contribution in [0.25, 0.3) is 0 Å². The van der Waals surface area contributed by atoms with Crippen molar-refractivity contribution >= 4 is 0 Å². The molecular formula is C7H13N3O2. The van der Waals surface area contributed by atoms with Gasteiger partial charge in [0.1, 0.15) is 0 Å². The monoisotopic (exact) mass is 171 g/mol. The SMILES string of the molecule is Cc1noc(CNC[C@@H](C)O)n1. The highest BCUT2D eigenvalue weighted by atomic mass is 16.5. The number of hydrogen-bond acceptors (Lipinski definition) is 5. The van der Waals surface area contributed by atoms with Crippen LogP contribution in [0.4, 0.5) is 0 Å². The van der Waals surface area contributed by atoms with Crippen molar-refractivity contribution in [1.82, 2.24) is 15.5 Å². The zero-order valence-corrected chi connectivity index (χ0v) is 7.24. The number of aryl methyl sites for hydroxylation is 1. The quantitative estimate of drug-likeness (QED) is 0.659. The molecule has 1 heterocycles. The van der Waals surface area contributed by atoms with Crippen LogP contribution in [0.5, 0.6) is 0 Å². The van der Waals surface area contributed by atoms with Crippen LogP contribution in [0.2, 0.25) is 0 Å². The van der Waals surface area contributed by atoms with Gasteiger partial charge >= 0.3 is 0 Å². The normalized spacial score (nSPS) is 13.2. The van der Waals surface area contributed by atoms with Crippen LogP contribution in [0, 0.1) is 6.92 Å². The topological polar surface area (TPSA) is 71.2 Å². The lowest BCUT2D eigenvalue weighted by Gasteiger charge is -2.02. The van der Waals surface area contributed by atoms with Crippen molar-refractivity contribution in [2.75, 3.05) is 6.54 Å². The second-order valence-electron chi connectivity index (χ2n) is 2.72. The Kier molecular flexibility index (Phi) is 3.19. The molecule has 0 radical (unpaired) electrons. The third kappa shape index (κ3) is 2.98. The van der Waals surface area contributed by atoms with Gasteiger partial charge in [-0.15, -0.1) is 0 Å². The molecule has 68 valence electrons. The van der Waals surface area contributed by atoms with Gasteiger partial charge in [-0.2, -0.15) is 4.98 Å². The molecule has 1 aromatic rings. The van der Waals surface area contributed by atoms with Crippen molar-refractivity contribution in [3.8, 4) is 0 Å². The van der Waals surface area contributed by atoms with Crippen LogP contribution >= 0.6 is 0 Å². The second-order valence-corrected chi connectivity index (χ2v) is 2.72. The minimum absolute atomic E-state index is 0.353. The van der Waals surface area contributed by atoms with Gasteiger partial charge in [-0.3, -0.25) is 0 Å². The molecule has 0 aliphatic heterocycles. The van der Waals surface area contributed by atoms with Crippen LogP contribution in [-0.2, 0) is 6.54 Å². The van der Waals surface area contributed by atoms with Gasteiger partial charge in [0.05, 0.1) is 12.6 Å². The Morgan fingerprint density at radius 2 is 2.42 bits per heavy atom. The summed E-state index contributed by atoms with van der Waals surface area (Å²) in [7, 11) is 0. The Balaban J connectivity index is 2.24. The summed E-state index contributed by atoms with van der Waals surface area (Å²) in [5.41, 5.74) is 0. The molecule has 12 heavy (non-hydrogen) atoms. The number of aliphatic hydroxyl groups is 1. The molecule has 0 aliphatic rings. The summed E-state index contributed by atoms with van der Waals surface area (Å²) in [5.74, 6) is 1.18. The summed E-state index contributed by atoms with van der Waals surface area (Å²) in [4.78, 5) is 3.99. The van der Waals surface area contributed by atoms with Gasteiger partial charge in [-0.25, -0.2) is 0 Å². The number of aromatic nitrogens is 2. The molecule has 0 amide bonds. The van der Waals surface area contributed by atoms with Crippen LogP contribution in [0.1, 0.15) is 18.6 Å². The molecule has 5 nitrogen and oxygen atoms in total. The minimum Gasteiger partial charge on any atom is -0.392 e. The van der Waals surface area contributed by atoms with Crippen molar-refractivity contribution in [2.24, 2.45) is 0 Å². The fraction of sp³-hybridized carbons (Fsp3) is 0.714. The molecule has 0 unspecified atom stereocenters. The number of aliphatic hydroxyl groups excluding tert-OH is 1. The summed E-state index contributed by atoms with van der Waals surface area (Å²) in [5, 5.41) is 15.5. The Hall–Kier alpha value is -0.940. The highest BCUT2D eigenvalue weighted by molar-refractivity contribution is 4.81. The highest BCUT2D eigenvalue weighted by Crippen LogP contribution is 1.94. The third-order valence-corrected chi connectivity index (χ3v) is 1.29. The fourth-order valence-electron chi connectivity index (χ4n) is 0.800. The first-order valence-electron chi connectivity index (χ1n) is 3.86. The van der Waals surface area contributed by atoms with E-state index in [2.05, 4.69) is 15.5 Å². The van der Waals surface area contributed by atoms with Gasteiger partial charge in [-0.1, -0.05) is 5.16 Å². The van der Waals surface area contributed by atoms with Crippen molar-refractivity contribution in [1.29, 1.82) is 0 Å². The first-order valence-corrected chi connectivity index (χ1v) is 3.86. The molecule has 0 fully saturated rings. The Morgan fingerprint density at radius 1 is 1.67 bits per heavy atom. The van der Waals surface area contributed by atoms with E-state index in [1.54, 1.807) is 13.8 Å². The van der Waals surface area contributed by atoms with Crippen molar-refractivity contribution in [3.63, 3.8) is 0 Å². The van der Waals surface area contributed by atoms with Crippen LogP contribution in [0.3, 0.4) is 0 Å². The van der Waals surface area contributed by atoms with Gasteiger partial charge in [0.15, 0.2) is 5.82 Å². The van der Waals surface area contributed by atoms with Gasteiger partial charge in [0.2, 0.25) is 5.89 Å². The molecule has 0 aliphatic carbocycles. The molecule has 1 aromatic heterocycles. The largest absolute Gasteiger partial charge is 0.392 e. The molecule has 0 spiro atoms. The summed E-state index contributed by atoms with van der Waals surface area (Å²) in [6, 6.07) is 0. The zero-order valence-electron chi connectivity index (χ0n) is 7.24. The first-order chi connectivity index (χ1) is 5.68. The predicted octanol–water partition coefficient (Wildman–Crippen LogP) is -0.152. The predicted molar refractivity (Wildman–Crippen MR) is 42.4 cm³/mol.